The van der Waals surface area contributed by atoms with Crippen molar-refractivity contribution in [1.82, 2.24) is 4.98 Å². The van der Waals surface area contributed by atoms with E-state index in [0.29, 0.717) is 5.56 Å². The molecule has 1 aromatic rings. The van der Waals surface area contributed by atoms with E-state index in [1.807, 2.05) is 0 Å². The number of sulfone groups is 1. The molecule has 1 aliphatic rings. The van der Waals surface area contributed by atoms with E-state index in [0.717, 1.165) is 17.3 Å². The van der Waals surface area contributed by atoms with Crippen LogP contribution in [0.25, 0.3) is 0 Å². The first-order valence-electron chi connectivity index (χ1n) is 6.21. The minimum absolute atomic E-state index is 0.0294. The van der Waals surface area contributed by atoms with Crippen LogP contribution in [-0.2, 0) is 25.1 Å². The van der Waals surface area contributed by atoms with Gasteiger partial charge >= 0.3 is 5.97 Å². The van der Waals surface area contributed by atoms with Gasteiger partial charge in [0.25, 0.3) is 0 Å². The van der Waals surface area contributed by atoms with Gasteiger partial charge in [0.2, 0.25) is 0 Å². The van der Waals surface area contributed by atoms with E-state index in [4.69, 9.17) is 0 Å². The van der Waals surface area contributed by atoms with Crippen molar-refractivity contribution in [2.24, 2.45) is 5.41 Å². The molecule has 7 heteroatoms. The van der Waals surface area contributed by atoms with Gasteiger partial charge in [-0.1, -0.05) is 0 Å². The third kappa shape index (κ3) is 4.28. The fourth-order valence-corrected chi connectivity index (χ4v) is 4.74. The van der Waals surface area contributed by atoms with E-state index < -0.39 is 15.3 Å². The molecule has 0 saturated heterocycles. The summed E-state index contributed by atoms with van der Waals surface area (Å²) in [5.74, 6) is -0.369. The summed E-state index contributed by atoms with van der Waals surface area (Å²) in [4.78, 5) is 15.3. The van der Waals surface area contributed by atoms with Crippen molar-refractivity contribution in [3.63, 3.8) is 0 Å². The molecule has 0 spiro atoms. The second-order valence-corrected chi connectivity index (χ2v) is 8.28. The van der Waals surface area contributed by atoms with Crippen LogP contribution in [0.1, 0.15) is 24.8 Å². The van der Waals surface area contributed by atoms with Crippen molar-refractivity contribution in [2.45, 2.75) is 25.0 Å². The summed E-state index contributed by atoms with van der Waals surface area (Å²) < 4.78 is 29.9. The largest absolute Gasteiger partial charge is 0.469 e. The lowest BCUT2D eigenvalue weighted by atomic mass is 10.1. The number of carbonyl (C=O) groups is 1. The third-order valence-electron chi connectivity index (χ3n) is 3.38. The van der Waals surface area contributed by atoms with Gasteiger partial charge in [-0.3, -0.25) is 9.78 Å². The Morgan fingerprint density at radius 1 is 1.45 bits per heavy atom. The summed E-state index contributed by atoms with van der Waals surface area (Å²) in [5, 5.41) is 0. The van der Waals surface area contributed by atoms with E-state index in [9.17, 15) is 13.2 Å². The molecule has 0 aliphatic heterocycles. The van der Waals surface area contributed by atoms with Gasteiger partial charge in [0.05, 0.1) is 25.0 Å². The highest BCUT2D eigenvalue weighted by Gasteiger charge is 2.47. The molecule has 1 aliphatic carbocycles. The molecule has 2 rings (SSSR count). The highest BCUT2D eigenvalue weighted by atomic mass is 79.9. The van der Waals surface area contributed by atoms with Gasteiger partial charge in [0, 0.05) is 16.9 Å². The summed E-state index contributed by atoms with van der Waals surface area (Å²) >= 11 is 3.27. The first kappa shape index (κ1) is 15.4. The molecule has 1 heterocycles. The molecule has 0 bridgehead atoms. The number of carbonyl (C=O) groups excluding carboxylic acids is 1. The van der Waals surface area contributed by atoms with E-state index >= 15 is 0 Å². The number of halogens is 1. The van der Waals surface area contributed by atoms with Gasteiger partial charge in [-0.25, -0.2) is 8.42 Å². The molecule has 110 valence electrons. The van der Waals surface area contributed by atoms with Gasteiger partial charge in [-0.2, -0.15) is 0 Å². The number of rotatable bonds is 6. The number of methoxy groups -OCH3 is 1. The van der Waals surface area contributed by atoms with Gasteiger partial charge in [-0.15, -0.1) is 0 Å². The molecule has 20 heavy (non-hydrogen) atoms. The Labute approximate surface area is 126 Å². The summed E-state index contributed by atoms with van der Waals surface area (Å²) in [7, 11) is -1.95. The van der Waals surface area contributed by atoms with E-state index in [1.54, 1.807) is 18.5 Å². The molecule has 0 N–H and O–H groups in total. The molecule has 1 fully saturated rings. The van der Waals surface area contributed by atoms with Crippen LogP contribution < -0.4 is 0 Å². The van der Waals surface area contributed by atoms with Crippen LogP contribution >= 0.6 is 15.9 Å². The standard InChI is InChI=1S/C13H16BrNO4S/c1-19-12(16)5-13(2-3-13)9-20(17,18)8-10-4-11(14)7-15-6-10/h4,6-7H,2-3,5,8-9H2,1H3. The Morgan fingerprint density at radius 3 is 2.70 bits per heavy atom. The molecule has 5 nitrogen and oxygen atoms in total. The summed E-state index contributed by atoms with van der Waals surface area (Å²) in [6.45, 7) is 0. The molecular formula is C13H16BrNO4S. The Hall–Kier alpha value is -0.950. The van der Waals surface area contributed by atoms with E-state index in [2.05, 4.69) is 25.7 Å². The van der Waals surface area contributed by atoms with Crippen molar-refractivity contribution in [1.29, 1.82) is 0 Å². The topological polar surface area (TPSA) is 73.3 Å². The Kier molecular flexibility index (Phi) is 4.49. The average Bonchev–Trinajstić information content (AvgIpc) is 3.06. The van der Waals surface area contributed by atoms with Crippen LogP contribution in [0.15, 0.2) is 22.9 Å². The van der Waals surface area contributed by atoms with Crippen molar-refractivity contribution >= 4 is 31.7 Å². The van der Waals surface area contributed by atoms with Gasteiger partial charge in [-0.05, 0) is 45.8 Å². The molecule has 0 unspecified atom stereocenters. The van der Waals surface area contributed by atoms with E-state index in [1.165, 1.54) is 7.11 Å². The highest BCUT2D eigenvalue weighted by Crippen LogP contribution is 2.50. The monoisotopic (exact) mass is 361 g/mol. The molecular weight excluding hydrogens is 346 g/mol. The number of nitrogens with zero attached hydrogens (tertiary/aromatic N) is 1. The maximum atomic E-state index is 12.2. The van der Waals surface area contributed by atoms with E-state index in [-0.39, 0.29) is 23.9 Å². The molecule has 1 aromatic heterocycles. The van der Waals surface area contributed by atoms with Gasteiger partial charge in [0.15, 0.2) is 9.84 Å². The minimum Gasteiger partial charge on any atom is -0.469 e. The summed E-state index contributed by atoms with van der Waals surface area (Å²) in [6, 6.07) is 1.74. The van der Waals surface area contributed by atoms with Gasteiger partial charge in [0.1, 0.15) is 0 Å². The normalized spacial score (nSPS) is 16.7. The van der Waals surface area contributed by atoms with Crippen molar-refractivity contribution in [3.8, 4) is 0 Å². The number of hydrogen-bond donors (Lipinski definition) is 0. The maximum absolute atomic E-state index is 12.2. The lowest BCUT2D eigenvalue weighted by Gasteiger charge is -2.14. The fourth-order valence-electron chi connectivity index (χ4n) is 2.23. The molecule has 0 atom stereocenters. The predicted octanol–water partition coefficient (Wildman–Crippen LogP) is 2.10. The van der Waals surface area contributed by atoms with Crippen LogP contribution in [-0.4, -0.2) is 32.2 Å². The zero-order valence-electron chi connectivity index (χ0n) is 11.1. The lowest BCUT2D eigenvalue weighted by Crippen LogP contribution is -2.22. The third-order valence-corrected chi connectivity index (χ3v) is 5.64. The average molecular weight is 362 g/mol. The minimum atomic E-state index is -3.27. The number of pyridine rings is 1. The first-order valence-corrected chi connectivity index (χ1v) is 8.82. The smallest absolute Gasteiger partial charge is 0.306 e. The molecule has 0 amide bonds. The van der Waals surface area contributed by atoms with Crippen LogP contribution in [0.5, 0.6) is 0 Å². The predicted molar refractivity (Wildman–Crippen MR) is 77.7 cm³/mol. The van der Waals surface area contributed by atoms with Crippen molar-refractivity contribution in [3.05, 3.63) is 28.5 Å². The molecule has 0 radical (unpaired) electrons. The lowest BCUT2D eigenvalue weighted by molar-refractivity contribution is -0.141. The SMILES string of the molecule is COC(=O)CC1(CS(=O)(=O)Cc2cncc(Br)c2)CC1. The number of aromatic nitrogens is 1. The van der Waals surface area contributed by atoms with Crippen molar-refractivity contribution in [2.75, 3.05) is 12.9 Å². The van der Waals surface area contributed by atoms with Crippen LogP contribution in [0.3, 0.4) is 0 Å². The van der Waals surface area contributed by atoms with Crippen molar-refractivity contribution < 1.29 is 17.9 Å². The Bertz CT molecular complexity index is 611. The Morgan fingerprint density at radius 2 is 2.15 bits per heavy atom. The first-order chi connectivity index (χ1) is 9.34. The van der Waals surface area contributed by atoms with Crippen LogP contribution in [0, 0.1) is 5.41 Å². The zero-order chi connectivity index (χ0) is 14.8. The van der Waals surface area contributed by atoms with Crippen LogP contribution in [0.4, 0.5) is 0 Å². The second-order valence-electron chi connectivity index (χ2n) is 5.30. The Balaban J connectivity index is 2.03. The van der Waals surface area contributed by atoms with Gasteiger partial charge < -0.3 is 4.74 Å². The maximum Gasteiger partial charge on any atom is 0.306 e. The molecule has 1 saturated carbocycles. The quantitative estimate of drug-likeness (QED) is 0.725. The summed E-state index contributed by atoms with van der Waals surface area (Å²) in [5.41, 5.74) is 0.235. The molecule has 0 aromatic carbocycles. The second kappa shape index (κ2) is 5.81. The summed E-state index contributed by atoms with van der Waals surface area (Å²) in [6.07, 6.45) is 4.85. The number of esters is 1. The van der Waals surface area contributed by atoms with Crippen LogP contribution in [0.2, 0.25) is 0 Å². The number of ether oxygens (including phenoxy) is 1. The zero-order valence-corrected chi connectivity index (χ0v) is 13.5. The number of hydrogen-bond acceptors (Lipinski definition) is 5. The fraction of sp³-hybridized carbons (Fsp3) is 0.538. The highest BCUT2D eigenvalue weighted by molar-refractivity contribution is 9.10.